The Balaban J connectivity index is 0.000000191. The Morgan fingerprint density at radius 1 is 0.698 bits per heavy atom. The van der Waals surface area contributed by atoms with Gasteiger partial charge in [-0.05, 0) is 111 Å². The van der Waals surface area contributed by atoms with Crippen LogP contribution >= 0.6 is 44.1 Å². The number of benzene rings is 4. The second-order valence-corrected chi connectivity index (χ2v) is 16.0. The van der Waals surface area contributed by atoms with Crippen LogP contribution in [0.1, 0.15) is 41.0 Å². The number of nitriles is 2. The van der Waals surface area contributed by atoms with E-state index in [9.17, 15) is 10.5 Å². The second kappa shape index (κ2) is 18.5. The van der Waals surface area contributed by atoms with E-state index < -0.39 is 11.8 Å². The minimum atomic E-state index is -0.490. The first-order valence-electron chi connectivity index (χ1n) is 19.1. The number of fused-ring (bicyclic) bond motifs is 6. The van der Waals surface area contributed by atoms with Crippen LogP contribution in [0.2, 0.25) is 0 Å². The Labute approximate surface area is 384 Å². The van der Waals surface area contributed by atoms with E-state index >= 15 is 0 Å². The van der Waals surface area contributed by atoms with Crippen molar-refractivity contribution < 1.29 is 28.4 Å². The third-order valence-electron chi connectivity index (χ3n) is 10.3. The molecule has 0 spiro atoms. The fourth-order valence-corrected chi connectivity index (χ4v) is 8.99. The summed E-state index contributed by atoms with van der Waals surface area (Å²) >= 11 is 12.3. The second-order valence-electron chi connectivity index (χ2n) is 13.9. The Morgan fingerprint density at radius 2 is 1.16 bits per heavy atom. The molecule has 6 aromatic rings. The van der Waals surface area contributed by atoms with Gasteiger partial charge in [0.2, 0.25) is 11.8 Å². The molecule has 8 rings (SSSR count). The summed E-state index contributed by atoms with van der Waals surface area (Å²) in [5, 5.41) is 28.0. The number of rotatable bonds is 8. The van der Waals surface area contributed by atoms with Crippen LogP contribution in [-0.4, -0.2) is 50.1 Å². The average Bonchev–Trinajstić information content (AvgIpc) is 3.27. The number of nitrogens with zero attached hydrogens (tertiary/aromatic N) is 4. The van der Waals surface area contributed by atoms with Gasteiger partial charge in [0.1, 0.15) is 46.0 Å². The maximum Gasteiger partial charge on any atom is 0.205 e. The number of hydrogen-bond donors (Lipinski definition) is 5. The molecule has 0 radical (unpaired) electrons. The zero-order chi connectivity index (χ0) is 45.1. The monoisotopic (exact) mass is 991 g/mol. The molecule has 0 saturated carbocycles. The normalized spacial score (nSPS) is 15.0. The summed E-state index contributed by atoms with van der Waals surface area (Å²) in [6.07, 6.45) is 0. The van der Waals surface area contributed by atoms with Gasteiger partial charge in [-0.2, -0.15) is 10.5 Å². The molecule has 4 aromatic carbocycles. The quantitative estimate of drug-likeness (QED) is 0.0902. The van der Waals surface area contributed by atoms with Crippen LogP contribution in [-0.2, 0) is 0 Å². The first kappa shape index (κ1) is 44.1. The van der Waals surface area contributed by atoms with Gasteiger partial charge in [0, 0.05) is 28.4 Å². The molecule has 0 bridgehead atoms. The van der Waals surface area contributed by atoms with Gasteiger partial charge < -0.3 is 56.3 Å². The largest absolute Gasteiger partial charge is 0.493 e. The molecule has 4 heterocycles. The van der Waals surface area contributed by atoms with E-state index in [0.29, 0.717) is 88.9 Å². The Morgan fingerprint density at radius 3 is 1.60 bits per heavy atom. The van der Waals surface area contributed by atoms with Crippen LogP contribution < -0.4 is 56.3 Å². The summed E-state index contributed by atoms with van der Waals surface area (Å²) in [5.74, 6) is 3.20. The van der Waals surface area contributed by atoms with Crippen molar-refractivity contribution in [1.29, 1.82) is 10.5 Å². The smallest absolute Gasteiger partial charge is 0.205 e. The molecule has 0 amide bonds. The number of nitrogens with two attached hydrogens (primary N) is 3. The minimum Gasteiger partial charge on any atom is -0.493 e. The van der Waals surface area contributed by atoms with Gasteiger partial charge >= 0.3 is 0 Å². The summed E-state index contributed by atoms with van der Waals surface area (Å²) < 4.78 is 35.0. The van der Waals surface area contributed by atoms with Gasteiger partial charge in [-0.3, -0.25) is 0 Å². The standard InChI is InChI=1S/C24H22BrN5O3S.C21H17BrN4O3/c1-4-28-24(34)30-18-8-6-12-5-7-14-19(13-9-16(25)22(32-3)17(10-13)31-2)15(11-26)23(27)33-21(14)20(12)29-18;1-27-15-8-11(7-14(22)20(15)28-2)17-12-5-3-10-4-6-16(24)26-18(10)19(12)29-21(25)13(17)9-23/h5-10,19H,4,27H2,1-3H3,(H2,28,29,30,34);3-8,17H,25H2,1-2H3,(H2,24,26). The number of methoxy groups -OCH3 is 4. The highest BCUT2D eigenvalue weighted by molar-refractivity contribution is 9.11. The number of nitrogen functional groups attached to an aromatic ring is 1. The van der Waals surface area contributed by atoms with Gasteiger partial charge in [-0.25, -0.2) is 9.97 Å². The van der Waals surface area contributed by atoms with Crippen LogP contribution in [0.5, 0.6) is 34.5 Å². The molecule has 2 aromatic heterocycles. The predicted molar refractivity (Wildman–Crippen MR) is 251 cm³/mol. The van der Waals surface area contributed by atoms with Crippen molar-refractivity contribution in [3.05, 3.63) is 127 Å². The molecular weight excluding hydrogens is 954 g/mol. The lowest BCUT2D eigenvalue weighted by Crippen LogP contribution is -2.28. The van der Waals surface area contributed by atoms with Crippen LogP contribution in [0.3, 0.4) is 0 Å². The van der Waals surface area contributed by atoms with Crippen LogP contribution in [0.25, 0.3) is 21.8 Å². The molecule has 0 aliphatic carbocycles. The number of ether oxygens (including phenoxy) is 6. The fraction of sp³-hybridized carbons (Fsp3) is 0.178. The summed E-state index contributed by atoms with van der Waals surface area (Å²) in [6.45, 7) is 2.65. The van der Waals surface area contributed by atoms with Crippen molar-refractivity contribution in [2.24, 2.45) is 11.5 Å². The van der Waals surface area contributed by atoms with Crippen molar-refractivity contribution in [3.8, 4) is 46.6 Å². The lowest BCUT2D eigenvalue weighted by Gasteiger charge is -2.28. The van der Waals surface area contributed by atoms with Crippen LogP contribution in [0.4, 0.5) is 11.6 Å². The third-order valence-corrected chi connectivity index (χ3v) is 11.7. The highest BCUT2D eigenvalue weighted by atomic mass is 79.9. The number of allylic oxidation sites excluding steroid dienone is 2. The number of anilines is 2. The topological polar surface area (TPSA) is 231 Å². The molecule has 2 aliphatic rings. The molecule has 2 atom stereocenters. The maximum absolute atomic E-state index is 9.94. The summed E-state index contributed by atoms with van der Waals surface area (Å²) in [6, 6.07) is 26.9. The first-order valence-corrected chi connectivity index (χ1v) is 21.0. The lowest BCUT2D eigenvalue weighted by molar-refractivity contribution is 0.352. The molecular formula is C45H39Br2N9O6S. The molecule has 0 fully saturated rings. The highest BCUT2D eigenvalue weighted by Gasteiger charge is 2.35. The van der Waals surface area contributed by atoms with Crippen molar-refractivity contribution in [3.63, 3.8) is 0 Å². The summed E-state index contributed by atoms with van der Waals surface area (Å²) in [4.78, 5) is 9.14. The van der Waals surface area contributed by atoms with E-state index in [1.54, 1.807) is 34.5 Å². The number of halogens is 2. The number of hydrogen-bond acceptors (Lipinski definition) is 14. The zero-order valence-corrected chi connectivity index (χ0v) is 38.4. The molecule has 18 heteroatoms. The predicted octanol–water partition coefficient (Wildman–Crippen LogP) is 8.35. The Kier molecular flexibility index (Phi) is 13.0. The molecule has 2 aliphatic heterocycles. The zero-order valence-electron chi connectivity index (χ0n) is 34.4. The van der Waals surface area contributed by atoms with Gasteiger partial charge in [0.25, 0.3) is 0 Å². The lowest BCUT2D eigenvalue weighted by atomic mass is 9.83. The molecule has 63 heavy (non-hydrogen) atoms. The Bertz CT molecular complexity index is 2990. The fourth-order valence-electron chi connectivity index (χ4n) is 7.50. The van der Waals surface area contributed by atoms with E-state index in [1.165, 1.54) is 0 Å². The molecule has 8 N–H and O–H groups in total. The first-order chi connectivity index (χ1) is 30.4. The summed E-state index contributed by atoms with van der Waals surface area (Å²) in [7, 11) is 6.25. The van der Waals surface area contributed by atoms with Crippen molar-refractivity contribution in [2.75, 3.05) is 46.0 Å². The van der Waals surface area contributed by atoms with Gasteiger partial charge in [-0.1, -0.05) is 24.3 Å². The van der Waals surface area contributed by atoms with Gasteiger partial charge in [0.15, 0.2) is 39.6 Å². The highest BCUT2D eigenvalue weighted by Crippen LogP contribution is 2.50. The van der Waals surface area contributed by atoms with Crippen LogP contribution in [0.15, 0.2) is 105 Å². The van der Waals surface area contributed by atoms with Crippen molar-refractivity contribution in [1.82, 2.24) is 15.3 Å². The van der Waals surface area contributed by atoms with Crippen molar-refractivity contribution >= 4 is 82.6 Å². The van der Waals surface area contributed by atoms with Crippen LogP contribution in [0, 0.1) is 22.7 Å². The maximum atomic E-state index is 9.94. The number of thiocarbonyl (C=S) groups is 1. The van der Waals surface area contributed by atoms with E-state index in [1.807, 2.05) is 73.7 Å². The van der Waals surface area contributed by atoms with Gasteiger partial charge in [0.05, 0.1) is 49.2 Å². The molecule has 320 valence electrons. The van der Waals surface area contributed by atoms with Gasteiger partial charge in [-0.15, -0.1) is 0 Å². The minimum absolute atomic E-state index is 0.0294. The van der Waals surface area contributed by atoms with E-state index in [4.69, 9.17) is 62.8 Å². The van der Waals surface area contributed by atoms with E-state index in [-0.39, 0.29) is 11.8 Å². The number of pyridine rings is 2. The Hall–Kier alpha value is -6.99. The average molecular weight is 994 g/mol. The van der Waals surface area contributed by atoms with E-state index in [2.05, 4.69) is 59.6 Å². The molecule has 0 saturated heterocycles. The number of aromatic nitrogens is 2. The molecule has 2 unspecified atom stereocenters. The number of nitrogens with one attached hydrogen (secondary N) is 2. The SMILES string of the molecule is CCNC(=S)Nc1ccc2ccc3c(c2n1)OC(N)=C(C#N)C3c1cc(Br)c(OC)c(OC)c1.COc1cc(C2C(C#N)=C(N)Oc3c2ccc2ccc(N)nc32)cc(Br)c1OC. The van der Waals surface area contributed by atoms with E-state index in [0.717, 1.165) is 33.0 Å². The van der Waals surface area contributed by atoms with Crippen molar-refractivity contribution in [2.45, 2.75) is 18.8 Å². The molecule has 15 nitrogen and oxygen atoms in total. The summed E-state index contributed by atoms with van der Waals surface area (Å²) in [5.41, 5.74) is 23.2. The third kappa shape index (κ3) is 8.36.